The van der Waals surface area contributed by atoms with Crippen molar-refractivity contribution in [2.45, 2.75) is 20.0 Å². The lowest BCUT2D eigenvalue weighted by Gasteiger charge is -2.13. The normalized spacial score (nSPS) is 14.1. The van der Waals surface area contributed by atoms with Gasteiger partial charge in [-0.05, 0) is 49.4 Å². The molecule has 3 heterocycles. The maximum absolute atomic E-state index is 12.8. The number of carboxylic acids is 1. The number of oxazole rings is 1. The number of ether oxygens (including phenoxy) is 2. The molecule has 0 bridgehead atoms. The second kappa shape index (κ2) is 12.8. The number of hydrogen-bond acceptors (Lipinski definition) is 9. The van der Waals surface area contributed by atoms with Crippen LogP contribution >= 0.6 is 24.0 Å². The molecule has 41 heavy (non-hydrogen) atoms. The molecule has 1 saturated heterocycles. The molecule has 9 nitrogen and oxygen atoms in total. The zero-order valence-electron chi connectivity index (χ0n) is 22.0. The number of rotatable bonds is 11. The zero-order valence-corrected chi connectivity index (χ0v) is 23.6. The fraction of sp³-hybridized carbons (Fsp3) is 0.167. The van der Waals surface area contributed by atoms with Gasteiger partial charge in [-0.15, -0.1) is 0 Å². The van der Waals surface area contributed by atoms with E-state index < -0.39 is 18.4 Å². The fourth-order valence-electron chi connectivity index (χ4n) is 4.03. The van der Waals surface area contributed by atoms with Crippen LogP contribution in [-0.2, 0) is 22.6 Å². The van der Waals surface area contributed by atoms with Gasteiger partial charge in [-0.25, -0.2) is 4.98 Å². The third-order valence-corrected chi connectivity index (χ3v) is 7.44. The third kappa shape index (κ3) is 7.00. The molecule has 2 aromatic carbocycles. The number of aromatic nitrogens is 2. The van der Waals surface area contributed by atoms with Crippen LogP contribution in [0.4, 0.5) is 0 Å². The SMILES string of the molecule is Cc1oc(-c2ccccc2)nc1CCOc1ccc(C=C2SC(=S)N(CC(=O)O)C2=O)c(OCc2ccccn2)c1. The summed E-state index contributed by atoms with van der Waals surface area (Å²) >= 11 is 6.27. The first-order valence-electron chi connectivity index (χ1n) is 12.7. The molecule has 2 aromatic heterocycles. The van der Waals surface area contributed by atoms with Gasteiger partial charge in [0.15, 0.2) is 0 Å². The Morgan fingerprint density at radius 2 is 1.93 bits per heavy atom. The van der Waals surface area contributed by atoms with Gasteiger partial charge < -0.3 is 19.0 Å². The van der Waals surface area contributed by atoms with Crippen LogP contribution in [0.1, 0.15) is 22.7 Å². The van der Waals surface area contributed by atoms with Crippen molar-refractivity contribution in [3.8, 4) is 23.0 Å². The van der Waals surface area contributed by atoms with Crippen molar-refractivity contribution < 1.29 is 28.6 Å². The van der Waals surface area contributed by atoms with Gasteiger partial charge in [0, 0.05) is 29.8 Å². The van der Waals surface area contributed by atoms with Crippen LogP contribution < -0.4 is 9.47 Å². The van der Waals surface area contributed by atoms with Gasteiger partial charge >= 0.3 is 5.97 Å². The van der Waals surface area contributed by atoms with Gasteiger partial charge in [0.05, 0.1) is 22.9 Å². The zero-order chi connectivity index (χ0) is 28.8. The molecule has 0 saturated carbocycles. The van der Waals surface area contributed by atoms with Gasteiger partial charge in [0.25, 0.3) is 5.91 Å². The van der Waals surface area contributed by atoms with E-state index in [1.807, 2.05) is 55.5 Å². The monoisotopic (exact) mass is 587 g/mol. The second-order valence-corrected chi connectivity index (χ2v) is 10.6. The molecule has 0 spiro atoms. The number of thioether (sulfide) groups is 1. The maximum atomic E-state index is 12.8. The Bertz CT molecular complexity index is 1610. The molecule has 0 radical (unpaired) electrons. The molecule has 4 aromatic rings. The number of carboxylic acid groups (broad SMARTS) is 1. The molecule has 208 valence electrons. The van der Waals surface area contributed by atoms with E-state index >= 15 is 0 Å². The first kappa shape index (κ1) is 28.1. The molecule has 1 N–H and O–H groups in total. The summed E-state index contributed by atoms with van der Waals surface area (Å²) in [5, 5.41) is 9.12. The van der Waals surface area contributed by atoms with Gasteiger partial charge in [-0.1, -0.05) is 48.2 Å². The van der Waals surface area contributed by atoms with Crippen LogP contribution in [0.25, 0.3) is 17.5 Å². The van der Waals surface area contributed by atoms with E-state index in [1.54, 1.807) is 30.5 Å². The summed E-state index contributed by atoms with van der Waals surface area (Å²) in [4.78, 5) is 34.3. The van der Waals surface area contributed by atoms with Gasteiger partial charge in [0.1, 0.15) is 34.7 Å². The highest BCUT2D eigenvalue weighted by molar-refractivity contribution is 8.26. The number of hydrogen-bond donors (Lipinski definition) is 1. The van der Waals surface area contributed by atoms with Crippen molar-refractivity contribution in [1.29, 1.82) is 0 Å². The standard InChI is InChI=1S/C30H25N3O6S2/c1-19-24(32-28(39-19)20-7-3-2-4-8-20)12-14-37-23-11-10-21(25(16-23)38-18-22-9-5-6-13-31-22)15-26-29(36)33(17-27(34)35)30(40)41-26/h2-11,13,15-16H,12,14,17-18H2,1H3,(H,34,35). The van der Waals surface area contributed by atoms with Crippen molar-refractivity contribution in [1.82, 2.24) is 14.9 Å². The molecule has 0 unspecified atom stereocenters. The van der Waals surface area contributed by atoms with E-state index in [0.29, 0.717) is 40.9 Å². The van der Waals surface area contributed by atoms with E-state index in [0.717, 1.165) is 39.4 Å². The van der Waals surface area contributed by atoms with Crippen LogP contribution in [0.5, 0.6) is 11.5 Å². The average molecular weight is 588 g/mol. The molecule has 1 aliphatic heterocycles. The van der Waals surface area contributed by atoms with Crippen LogP contribution in [0.2, 0.25) is 0 Å². The largest absolute Gasteiger partial charge is 0.493 e. The van der Waals surface area contributed by atoms with Gasteiger partial charge in [0.2, 0.25) is 5.89 Å². The van der Waals surface area contributed by atoms with Crippen LogP contribution in [0, 0.1) is 6.92 Å². The number of amides is 1. The molecular weight excluding hydrogens is 562 g/mol. The van der Waals surface area contributed by atoms with Crippen molar-refractivity contribution in [3.63, 3.8) is 0 Å². The number of carbonyl (C=O) groups excluding carboxylic acids is 1. The molecule has 1 aliphatic rings. The topological polar surface area (TPSA) is 115 Å². The summed E-state index contributed by atoms with van der Waals surface area (Å²) in [5.41, 5.74) is 3.07. The van der Waals surface area contributed by atoms with Gasteiger partial charge in [-0.2, -0.15) is 0 Å². The number of benzene rings is 2. The number of aliphatic carboxylic acids is 1. The highest BCUT2D eigenvalue weighted by Gasteiger charge is 2.33. The minimum atomic E-state index is -1.14. The third-order valence-electron chi connectivity index (χ3n) is 6.06. The summed E-state index contributed by atoms with van der Waals surface area (Å²) in [5.74, 6) is 0.752. The van der Waals surface area contributed by atoms with Gasteiger partial charge in [-0.3, -0.25) is 19.5 Å². The molecule has 1 fully saturated rings. The summed E-state index contributed by atoms with van der Waals surface area (Å²) in [6.07, 6.45) is 3.87. The lowest BCUT2D eigenvalue weighted by atomic mass is 10.1. The molecule has 0 atom stereocenters. The maximum Gasteiger partial charge on any atom is 0.323 e. The van der Waals surface area contributed by atoms with E-state index in [4.69, 9.17) is 31.2 Å². The van der Waals surface area contributed by atoms with E-state index in [2.05, 4.69) is 9.97 Å². The lowest BCUT2D eigenvalue weighted by molar-refractivity contribution is -0.140. The molecule has 0 aliphatic carbocycles. The van der Waals surface area contributed by atoms with Crippen molar-refractivity contribution >= 4 is 46.3 Å². The number of nitrogens with zero attached hydrogens (tertiary/aromatic N) is 3. The number of aryl methyl sites for hydroxylation is 1. The Balaban J connectivity index is 1.32. The number of thiocarbonyl (C=S) groups is 1. The van der Waals surface area contributed by atoms with E-state index in [9.17, 15) is 9.59 Å². The Hall–Kier alpha value is -4.48. The van der Waals surface area contributed by atoms with E-state index in [-0.39, 0.29) is 10.9 Å². The highest BCUT2D eigenvalue weighted by Crippen LogP contribution is 2.35. The number of pyridine rings is 1. The van der Waals surface area contributed by atoms with E-state index in [1.165, 1.54) is 0 Å². The smallest absolute Gasteiger partial charge is 0.323 e. The highest BCUT2D eigenvalue weighted by atomic mass is 32.2. The van der Waals surface area contributed by atoms with Crippen LogP contribution in [0.15, 0.2) is 82.2 Å². The molecule has 11 heteroatoms. The molecule has 1 amide bonds. The Kier molecular flexibility index (Phi) is 8.76. The Labute approximate surface area is 245 Å². The molecular formula is C30H25N3O6S2. The Morgan fingerprint density at radius 3 is 2.68 bits per heavy atom. The predicted molar refractivity (Wildman–Crippen MR) is 158 cm³/mol. The fourth-order valence-corrected chi connectivity index (χ4v) is 5.27. The summed E-state index contributed by atoms with van der Waals surface area (Å²) in [6.45, 7) is 1.95. The van der Waals surface area contributed by atoms with Crippen molar-refractivity contribution in [3.05, 3.63) is 101 Å². The van der Waals surface area contributed by atoms with Crippen molar-refractivity contribution in [2.75, 3.05) is 13.2 Å². The number of carbonyl (C=O) groups is 2. The summed E-state index contributed by atoms with van der Waals surface area (Å²) < 4.78 is 18.2. The minimum Gasteiger partial charge on any atom is -0.493 e. The quantitative estimate of drug-likeness (QED) is 0.177. The van der Waals surface area contributed by atoms with Crippen LogP contribution in [0.3, 0.4) is 0 Å². The summed E-state index contributed by atoms with van der Waals surface area (Å²) in [7, 11) is 0. The minimum absolute atomic E-state index is 0.193. The molecule has 5 rings (SSSR count). The average Bonchev–Trinajstić information content (AvgIpc) is 3.47. The first-order chi connectivity index (χ1) is 19.9. The predicted octanol–water partition coefficient (Wildman–Crippen LogP) is 5.53. The summed E-state index contributed by atoms with van der Waals surface area (Å²) in [6, 6.07) is 20.6. The lowest BCUT2D eigenvalue weighted by Crippen LogP contribution is -2.33. The van der Waals surface area contributed by atoms with Crippen molar-refractivity contribution in [2.24, 2.45) is 0 Å². The van der Waals surface area contributed by atoms with Crippen LogP contribution in [-0.4, -0.2) is 49.3 Å². The first-order valence-corrected chi connectivity index (χ1v) is 13.9. The Morgan fingerprint density at radius 1 is 1.12 bits per heavy atom. The second-order valence-electron chi connectivity index (χ2n) is 8.96.